The number of nitrogens with two attached hydrogens (primary N) is 1. The third kappa shape index (κ3) is 3.89. The molecule has 5 nitrogen and oxygen atoms in total. The number of nitrogens with one attached hydrogen (secondary N) is 2. The zero-order chi connectivity index (χ0) is 17.6. The lowest BCUT2D eigenvalue weighted by Gasteiger charge is -2.13. The number of carbonyl (C=O) groups is 1. The second-order valence-corrected chi connectivity index (χ2v) is 5.70. The van der Waals surface area contributed by atoms with E-state index in [9.17, 15) is 4.79 Å². The minimum atomic E-state index is -0.166. The van der Waals surface area contributed by atoms with E-state index >= 15 is 0 Å². The van der Waals surface area contributed by atoms with E-state index in [0.717, 1.165) is 22.1 Å². The zero-order valence-electron chi connectivity index (χ0n) is 14.1. The number of carbonyl (C=O) groups excluding carboxylic acids is 1. The normalized spacial score (nSPS) is 10.6. The first-order chi connectivity index (χ1) is 12.2. The average molecular weight is 335 g/mol. The molecule has 0 heterocycles. The molecule has 3 rings (SSSR count). The highest BCUT2D eigenvalue weighted by molar-refractivity contribution is 5.98. The van der Waals surface area contributed by atoms with Crippen LogP contribution in [-0.2, 0) is 4.74 Å². The maximum atomic E-state index is 12.1. The van der Waals surface area contributed by atoms with Crippen molar-refractivity contribution in [2.24, 2.45) is 0 Å². The summed E-state index contributed by atoms with van der Waals surface area (Å²) in [7, 11) is 1.60. The molecule has 0 saturated heterocycles. The summed E-state index contributed by atoms with van der Waals surface area (Å²) in [5.74, 6) is -0.166. The molecule has 25 heavy (non-hydrogen) atoms. The average Bonchev–Trinajstić information content (AvgIpc) is 2.63. The molecule has 3 aromatic carbocycles. The van der Waals surface area contributed by atoms with Gasteiger partial charge in [-0.3, -0.25) is 4.79 Å². The molecule has 0 aliphatic rings. The van der Waals surface area contributed by atoms with E-state index < -0.39 is 0 Å². The van der Waals surface area contributed by atoms with E-state index in [1.165, 1.54) is 0 Å². The summed E-state index contributed by atoms with van der Waals surface area (Å²) in [6, 6.07) is 19.5. The van der Waals surface area contributed by atoms with Gasteiger partial charge in [0.15, 0.2) is 0 Å². The van der Waals surface area contributed by atoms with Gasteiger partial charge in [-0.1, -0.05) is 36.4 Å². The monoisotopic (exact) mass is 335 g/mol. The number of benzene rings is 3. The molecule has 0 unspecified atom stereocenters. The second-order valence-electron chi connectivity index (χ2n) is 5.70. The lowest BCUT2D eigenvalue weighted by molar-refractivity contribution is 0.0937. The van der Waals surface area contributed by atoms with Gasteiger partial charge in [-0.15, -0.1) is 0 Å². The molecule has 1 amide bonds. The topological polar surface area (TPSA) is 76.4 Å². The highest BCUT2D eigenvalue weighted by atomic mass is 16.5. The van der Waals surface area contributed by atoms with Crippen molar-refractivity contribution in [3.05, 3.63) is 66.2 Å². The second kappa shape index (κ2) is 7.68. The van der Waals surface area contributed by atoms with Gasteiger partial charge in [-0.05, 0) is 29.7 Å². The summed E-state index contributed by atoms with van der Waals surface area (Å²) in [5, 5.41) is 8.41. The Bertz CT molecular complexity index is 888. The molecule has 0 aliphatic heterocycles. The van der Waals surface area contributed by atoms with Crippen molar-refractivity contribution in [3.63, 3.8) is 0 Å². The molecule has 0 spiro atoms. The number of anilines is 3. The largest absolute Gasteiger partial charge is 0.397 e. The van der Waals surface area contributed by atoms with E-state index in [1.54, 1.807) is 19.2 Å². The van der Waals surface area contributed by atoms with E-state index in [2.05, 4.69) is 28.8 Å². The van der Waals surface area contributed by atoms with Crippen molar-refractivity contribution in [1.29, 1.82) is 0 Å². The standard InChI is InChI=1S/C20H21N3O2/c1-25-12-11-22-20(24)15-9-10-19(17(21)13-15)23-18-8-4-6-14-5-2-3-7-16(14)18/h2-10,13,23H,11-12,21H2,1H3,(H,22,24). The van der Waals surface area contributed by atoms with E-state index in [1.807, 2.05) is 30.3 Å². The SMILES string of the molecule is COCCNC(=O)c1ccc(Nc2cccc3ccccc23)c(N)c1. The van der Waals surface area contributed by atoms with Crippen LogP contribution in [0.3, 0.4) is 0 Å². The fourth-order valence-electron chi connectivity index (χ4n) is 2.67. The number of nitrogen functional groups attached to an aromatic ring is 1. The number of rotatable bonds is 6. The number of hydrogen-bond donors (Lipinski definition) is 3. The van der Waals surface area contributed by atoms with Crippen LogP contribution in [0.2, 0.25) is 0 Å². The van der Waals surface area contributed by atoms with Crippen LogP contribution in [0.25, 0.3) is 10.8 Å². The van der Waals surface area contributed by atoms with E-state index in [0.29, 0.717) is 24.4 Å². The summed E-state index contributed by atoms with van der Waals surface area (Å²) < 4.78 is 4.92. The molecule has 3 aromatic rings. The third-order valence-corrected chi connectivity index (χ3v) is 3.96. The van der Waals surface area contributed by atoms with Crippen molar-refractivity contribution in [2.75, 3.05) is 31.3 Å². The molecule has 0 bridgehead atoms. The van der Waals surface area contributed by atoms with Gasteiger partial charge in [-0.2, -0.15) is 0 Å². The van der Waals surface area contributed by atoms with Crippen LogP contribution < -0.4 is 16.4 Å². The minimum Gasteiger partial charge on any atom is -0.397 e. The van der Waals surface area contributed by atoms with Gasteiger partial charge in [0.25, 0.3) is 5.91 Å². The van der Waals surface area contributed by atoms with E-state index in [4.69, 9.17) is 10.5 Å². The van der Waals surface area contributed by atoms with Gasteiger partial charge in [0.05, 0.1) is 18.0 Å². The Balaban J connectivity index is 1.80. The number of ether oxygens (including phenoxy) is 1. The quantitative estimate of drug-likeness (QED) is 0.476. The molecule has 4 N–H and O–H groups in total. The van der Waals surface area contributed by atoms with Gasteiger partial charge >= 0.3 is 0 Å². The number of methoxy groups -OCH3 is 1. The van der Waals surface area contributed by atoms with E-state index in [-0.39, 0.29) is 5.91 Å². The number of amides is 1. The number of fused-ring (bicyclic) bond motifs is 1. The molecule has 5 heteroatoms. The van der Waals surface area contributed by atoms with Crippen molar-refractivity contribution in [2.45, 2.75) is 0 Å². The highest BCUT2D eigenvalue weighted by Crippen LogP contribution is 2.29. The molecular weight excluding hydrogens is 314 g/mol. The summed E-state index contributed by atoms with van der Waals surface area (Å²) in [4.78, 5) is 12.1. The summed E-state index contributed by atoms with van der Waals surface area (Å²) in [6.45, 7) is 0.938. The molecule has 0 aliphatic carbocycles. The van der Waals surface area contributed by atoms with Gasteiger partial charge in [-0.25, -0.2) is 0 Å². The first kappa shape index (κ1) is 16.8. The first-order valence-corrected chi connectivity index (χ1v) is 8.10. The Morgan fingerprint density at radius 2 is 1.84 bits per heavy atom. The van der Waals surface area contributed by atoms with Crippen LogP contribution in [-0.4, -0.2) is 26.2 Å². The Morgan fingerprint density at radius 3 is 2.64 bits per heavy atom. The third-order valence-electron chi connectivity index (χ3n) is 3.96. The molecule has 0 aromatic heterocycles. The van der Waals surface area contributed by atoms with Gasteiger partial charge in [0, 0.05) is 30.3 Å². The Hall–Kier alpha value is -3.05. The molecule has 0 radical (unpaired) electrons. The fourth-order valence-corrected chi connectivity index (χ4v) is 2.67. The van der Waals surface area contributed by atoms with Crippen LogP contribution >= 0.6 is 0 Å². The van der Waals surface area contributed by atoms with Crippen LogP contribution in [0, 0.1) is 0 Å². The maximum Gasteiger partial charge on any atom is 0.251 e. The van der Waals surface area contributed by atoms with Crippen molar-refractivity contribution in [1.82, 2.24) is 5.32 Å². The van der Waals surface area contributed by atoms with Crippen molar-refractivity contribution < 1.29 is 9.53 Å². The first-order valence-electron chi connectivity index (χ1n) is 8.10. The minimum absolute atomic E-state index is 0.166. The molecule has 128 valence electrons. The molecular formula is C20H21N3O2. The lowest BCUT2D eigenvalue weighted by Crippen LogP contribution is -2.27. The molecule has 0 saturated carbocycles. The fraction of sp³-hybridized carbons (Fsp3) is 0.150. The Labute approximate surface area is 146 Å². The van der Waals surface area contributed by atoms with Gasteiger partial charge < -0.3 is 21.1 Å². The van der Waals surface area contributed by atoms with Crippen LogP contribution in [0.4, 0.5) is 17.1 Å². The highest BCUT2D eigenvalue weighted by Gasteiger charge is 2.09. The predicted molar refractivity (Wildman–Crippen MR) is 102 cm³/mol. The number of hydrogen-bond acceptors (Lipinski definition) is 4. The van der Waals surface area contributed by atoms with Crippen LogP contribution in [0.1, 0.15) is 10.4 Å². The predicted octanol–water partition coefficient (Wildman–Crippen LogP) is 3.54. The zero-order valence-corrected chi connectivity index (χ0v) is 14.1. The van der Waals surface area contributed by atoms with Gasteiger partial charge in [0.1, 0.15) is 0 Å². The van der Waals surface area contributed by atoms with Crippen molar-refractivity contribution >= 4 is 33.7 Å². The maximum absolute atomic E-state index is 12.1. The lowest BCUT2D eigenvalue weighted by atomic mass is 10.1. The van der Waals surface area contributed by atoms with Crippen LogP contribution in [0.15, 0.2) is 60.7 Å². The summed E-state index contributed by atoms with van der Waals surface area (Å²) in [5.41, 5.74) is 8.93. The molecule has 0 atom stereocenters. The van der Waals surface area contributed by atoms with Gasteiger partial charge in [0.2, 0.25) is 0 Å². The Morgan fingerprint density at radius 1 is 1.04 bits per heavy atom. The smallest absolute Gasteiger partial charge is 0.251 e. The Kier molecular flexibility index (Phi) is 5.16. The van der Waals surface area contributed by atoms with Crippen molar-refractivity contribution in [3.8, 4) is 0 Å². The summed E-state index contributed by atoms with van der Waals surface area (Å²) in [6.07, 6.45) is 0. The summed E-state index contributed by atoms with van der Waals surface area (Å²) >= 11 is 0. The molecule has 0 fully saturated rings. The van der Waals surface area contributed by atoms with Crippen LogP contribution in [0.5, 0.6) is 0 Å².